The minimum atomic E-state index is -3.66. The van der Waals surface area contributed by atoms with Crippen molar-refractivity contribution in [1.82, 2.24) is 4.31 Å². The minimum Gasteiger partial charge on any atom is -0.329 e. The molecule has 2 rings (SSSR count). The van der Waals surface area contributed by atoms with Crippen LogP contribution in [0.1, 0.15) is 25.7 Å². The molecule has 1 aromatic carbocycles. The van der Waals surface area contributed by atoms with Crippen molar-refractivity contribution in [3.8, 4) is 0 Å². The van der Waals surface area contributed by atoms with E-state index in [1.165, 1.54) is 22.5 Å². The van der Waals surface area contributed by atoms with E-state index in [0.29, 0.717) is 13.1 Å². The molecule has 0 saturated carbocycles. The molecule has 0 bridgehead atoms. The molecule has 1 atom stereocenters. The Kier molecular flexibility index (Phi) is 4.54. The summed E-state index contributed by atoms with van der Waals surface area (Å²) >= 11 is 0. The summed E-state index contributed by atoms with van der Waals surface area (Å²) in [6.45, 7) is 0.759. The summed E-state index contributed by atoms with van der Waals surface area (Å²) in [4.78, 5) is 0.00727. The fourth-order valence-electron chi connectivity index (χ4n) is 2.47. The molecule has 0 spiro atoms. The number of hydrogen-bond acceptors (Lipinski definition) is 3. The Morgan fingerprint density at radius 3 is 2.79 bits per heavy atom. The van der Waals surface area contributed by atoms with Crippen LogP contribution < -0.4 is 5.73 Å². The predicted molar refractivity (Wildman–Crippen MR) is 71.6 cm³/mol. The van der Waals surface area contributed by atoms with Gasteiger partial charge >= 0.3 is 0 Å². The van der Waals surface area contributed by atoms with E-state index in [9.17, 15) is 12.8 Å². The van der Waals surface area contributed by atoms with Crippen LogP contribution in [-0.2, 0) is 10.0 Å². The van der Waals surface area contributed by atoms with E-state index in [1.54, 1.807) is 0 Å². The van der Waals surface area contributed by atoms with Gasteiger partial charge in [0, 0.05) is 19.1 Å². The second kappa shape index (κ2) is 5.98. The van der Waals surface area contributed by atoms with Crippen LogP contribution in [0, 0.1) is 5.82 Å². The molecule has 19 heavy (non-hydrogen) atoms. The third kappa shape index (κ3) is 3.13. The van der Waals surface area contributed by atoms with E-state index in [0.717, 1.165) is 31.7 Å². The van der Waals surface area contributed by atoms with Crippen molar-refractivity contribution in [2.45, 2.75) is 36.6 Å². The number of nitrogens with zero attached hydrogens (tertiary/aromatic N) is 1. The standard InChI is InChI=1S/C13H19FN2O2S/c14-11-5-4-7-13(9-11)19(17,18)16-8-3-1-2-6-12(16)10-15/h4-5,7,9,12H,1-3,6,8,10,15H2. The summed E-state index contributed by atoms with van der Waals surface area (Å²) in [5.41, 5.74) is 5.69. The Labute approximate surface area is 113 Å². The SMILES string of the molecule is NCC1CCCCCN1S(=O)(=O)c1cccc(F)c1. The number of rotatable bonds is 3. The molecule has 1 aromatic rings. The van der Waals surface area contributed by atoms with Crippen LogP contribution >= 0.6 is 0 Å². The Morgan fingerprint density at radius 2 is 2.11 bits per heavy atom. The maximum atomic E-state index is 13.2. The molecular formula is C13H19FN2O2S. The summed E-state index contributed by atoms with van der Waals surface area (Å²) in [5.74, 6) is -0.541. The summed E-state index contributed by atoms with van der Waals surface area (Å²) in [5, 5.41) is 0. The molecule has 106 valence electrons. The monoisotopic (exact) mass is 286 g/mol. The van der Waals surface area contributed by atoms with Crippen LogP contribution in [0.3, 0.4) is 0 Å². The van der Waals surface area contributed by atoms with Crippen LogP contribution in [0.25, 0.3) is 0 Å². The second-order valence-corrected chi connectivity index (χ2v) is 6.70. The van der Waals surface area contributed by atoms with Crippen LogP contribution in [-0.4, -0.2) is 31.9 Å². The minimum absolute atomic E-state index is 0.00727. The number of nitrogens with two attached hydrogens (primary N) is 1. The molecule has 0 radical (unpaired) electrons. The fourth-order valence-corrected chi connectivity index (χ4v) is 4.20. The molecule has 2 N–H and O–H groups in total. The van der Waals surface area contributed by atoms with E-state index < -0.39 is 15.8 Å². The van der Waals surface area contributed by atoms with E-state index in [2.05, 4.69) is 0 Å². The maximum absolute atomic E-state index is 13.2. The highest BCUT2D eigenvalue weighted by Gasteiger charge is 2.31. The van der Waals surface area contributed by atoms with Gasteiger partial charge in [-0.15, -0.1) is 0 Å². The lowest BCUT2D eigenvalue weighted by Crippen LogP contribution is -2.44. The topological polar surface area (TPSA) is 63.4 Å². The lowest BCUT2D eigenvalue weighted by atomic mass is 10.1. The van der Waals surface area contributed by atoms with Gasteiger partial charge in [-0.1, -0.05) is 18.9 Å². The van der Waals surface area contributed by atoms with E-state index in [1.807, 2.05) is 0 Å². The molecule has 1 aliphatic heterocycles. The Bertz CT molecular complexity index is 533. The van der Waals surface area contributed by atoms with Gasteiger partial charge in [-0.3, -0.25) is 0 Å². The highest BCUT2D eigenvalue weighted by molar-refractivity contribution is 7.89. The number of benzene rings is 1. The molecule has 1 saturated heterocycles. The average molecular weight is 286 g/mol. The van der Waals surface area contributed by atoms with Gasteiger partial charge in [0.25, 0.3) is 0 Å². The third-order valence-corrected chi connectivity index (χ3v) is 5.45. The normalized spacial score (nSPS) is 22.1. The van der Waals surface area contributed by atoms with Crippen molar-refractivity contribution >= 4 is 10.0 Å². The van der Waals surface area contributed by atoms with Gasteiger partial charge in [-0.25, -0.2) is 12.8 Å². The van der Waals surface area contributed by atoms with Gasteiger partial charge in [0.2, 0.25) is 10.0 Å². The highest BCUT2D eigenvalue weighted by Crippen LogP contribution is 2.24. The maximum Gasteiger partial charge on any atom is 0.243 e. The molecule has 0 amide bonds. The van der Waals surface area contributed by atoms with Gasteiger partial charge < -0.3 is 5.73 Å². The Balaban J connectivity index is 2.36. The molecular weight excluding hydrogens is 267 g/mol. The number of sulfonamides is 1. The van der Waals surface area contributed by atoms with Crippen LogP contribution in [0.4, 0.5) is 4.39 Å². The molecule has 6 heteroatoms. The summed E-state index contributed by atoms with van der Waals surface area (Å²) in [6.07, 6.45) is 3.58. The first-order chi connectivity index (χ1) is 9.05. The Morgan fingerprint density at radius 1 is 1.32 bits per heavy atom. The number of hydrogen-bond donors (Lipinski definition) is 1. The van der Waals surface area contributed by atoms with Crippen molar-refractivity contribution in [3.05, 3.63) is 30.1 Å². The molecule has 1 fully saturated rings. The average Bonchev–Trinajstić information content (AvgIpc) is 2.64. The van der Waals surface area contributed by atoms with Crippen molar-refractivity contribution < 1.29 is 12.8 Å². The summed E-state index contributed by atoms with van der Waals surface area (Å²) in [6, 6.07) is 4.96. The van der Waals surface area contributed by atoms with Crippen LogP contribution in [0.15, 0.2) is 29.2 Å². The Hall–Kier alpha value is -0.980. The first kappa shape index (κ1) is 14.4. The van der Waals surface area contributed by atoms with Gasteiger partial charge in [-0.05, 0) is 31.0 Å². The largest absolute Gasteiger partial charge is 0.329 e. The van der Waals surface area contributed by atoms with Crippen molar-refractivity contribution in [2.75, 3.05) is 13.1 Å². The lowest BCUT2D eigenvalue weighted by molar-refractivity contribution is 0.328. The molecule has 1 aliphatic rings. The second-order valence-electron chi connectivity index (χ2n) is 4.81. The van der Waals surface area contributed by atoms with Gasteiger partial charge in [0.15, 0.2) is 0 Å². The predicted octanol–water partition coefficient (Wildman–Crippen LogP) is 1.72. The molecule has 1 heterocycles. The first-order valence-corrected chi connectivity index (χ1v) is 7.97. The third-order valence-electron chi connectivity index (χ3n) is 3.50. The fraction of sp³-hybridized carbons (Fsp3) is 0.538. The van der Waals surface area contributed by atoms with Crippen molar-refractivity contribution in [1.29, 1.82) is 0 Å². The van der Waals surface area contributed by atoms with Gasteiger partial charge in [0.1, 0.15) is 5.82 Å². The molecule has 4 nitrogen and oxygen atoms in total. The summed E-state index contributed by atoms with van der Waals surface area (Å²) in [7, 11) is -3.66. The van der Waals surface area contributed by atoms with E-state index >= 15 is 0 Å². The zero-order valence-corrected chi connectivity index (χ0v) is 11.6. The highest BCUT2D eigenvalue weighted by atomic mass is 32.2. The zero-order chi connectivity index (χ0) is 13.9. The molecule has 1 unspecified atom stereocenters. The van der Waals surface area contributed by atoms with Crippen LogP contribution in [0.2, 0.25) is 0 Å². The van der Waals surface area contributed by atoms with E-state index in [-0.39, 0.29) is 10.9 Å². The first-order valence-electron chi connectivity index (χ1n) is 6.53. The van der Waals surface area contributed by atoms with Crippen molar-refractivity contribution in [2.24, 2.45) is 5.73 Å². The van der Waals surface area contributed by atoms with E-state index in [4.69, 9.17) is 5.73 Å². The van der Waals surface area contributed by atoms with Crippen LogP contribution in [0.5, 0.6) is 0 Å². The lowest BCUT2D eigenvalue weighted by Gasteiger charge is -2.28. The van der Waals surface area contributed by atoms with Gasteiger partial charge in [0.05, 0.1) is 4.90 Å². The molecule has 0 aliphatic carbocycles. The summed E-state index contributed by atoms with van der Waals surface area (Å²) < 4.78 is 39.8. The smallest absolute Gasteiger partial charge is 0.243 e. The quantitative estimate of drug-likeness (QED) is 0.920. The zero-order valence-electron chi connectivity index (χ0n) is 10.8. The molecule has 0 aromatic heterocycles. The number of halogens is 1. The van der Waals surface area contributed by atoms with Gasteiger partial charge in [-0.2, -0.15) is 4.31 Å². The van der Waals surface area contributed by atoms with Crippen molar-refractivity contribution in [3.63, 3.8) is 0 Å².